The molecule has 0 radical (unpaired) electrons. The second-order valence-corrected chi connectivity index (χ2v) is 8.35. The molecule has 1 aliphatic rings. The molecule has 1 rings (SSSR count). The van der Waals surface area contributed by atoms with E-state index in [1.807, 2.05) is 0 Å². The van der Waals surface area contributed by atoms with Crippen LogP contribution in [-0.2, 0) is 9.84 Å². The van der Waals surface area contributed by atoms with Crippen LogP contribution in [0.5, 0.6) is 0 Å². The van der Waals surface area contributed by atoms with Gasteiger partial charge in [0.05, 0.1) is 11.5 Å². The largest absolute Gasteiger partial charge is 0.315 e. The summed E-state index contributed by atoms with van der Waals surface area (Å²) in [6.45, 7) is 12.2. The van der Waals surface area contributed by atoms with E-state index in [9.17, 15) is 8.42 Å². The van der Waals surface area contributed by atoms with Gasteiger partial charge in [-0.3, -0.25) is 4.90 Å². The minimum atomic E-state index is -2.77. The van der Waals surface area contributed by atoms with Gasteiger partial charge in [-0.25, -0.2) is 8.42 Å². The van der Waals surface area contributed by atoms with Gasteiger partial charge in [0, 0.05) is 25.7 Å². The number of hydrogen-bond donors (Lipinski definition) is 1. The van der Waals surface area contributed by atoms with Crippen LogP contribution >= 0.6 is 0 Å². The van der Waals surface area contributed by atoms with Crippen LogP contribution in [0.2, 0.25) is 0 Å². The van der Waals surface area contributed by atoms with Crippen molar-refractivity contribution >= 4 is 9.84 Å². The van der Waals surface area contributed by atoms with Crippen LogP contribution in [0.3, 0.4) is 0 Å². The molecule has 1 atom stereocenters. The summed E-state index contributed by atoms with van der Waals surface area (Å²) in [7, 11) is -2.77. The van der Waals surface area contributed by atoms with E-state index in [2.05, 4.69) is 37.9 Å². The fraction of sp³-hybridized carbons (Fsp3) is 1.00. The number of rotatable bonds is 6. The van der Waals surface area contributed by atoms with Gasteiger partial charge in [-0.05, 0) is 18.4 Å². The molecule has 5 heteroatoms. The average Bonchev–Trinajstić information content (AvgIpc) is 2.24. The smallest absolute Gasteiger partial charge is 0.152 e. The van der Waals surface area contributed by atoms with Crippen molar-refractivity contribution in [3.8, 4) is 0 Å². The second-order valence-electron chi connectivity index (χ2n) is 6.05. The first-order valence-corrected chi connectivity index (χ1v) is 8.79. The number of hydrogen-bond acceptors (Lipinski definition) is 4. The fourth-order valence-corrected chi connectivity index (χ4v) is 3.59. The Morgan fingerprint density at radius 2 is 1.61 bits per heavy atom. The lowest BCUT2D eigenvalue weighted by molar-refractivity contribution is 0.163. The van der Waals surface area contributed by atoms with Crippen molar-refractivity contribution in [1.29, 1.82) is 0 Å². The molecule has 0 spiro atoms. The molecule has 108 valence electrons. The minimum absolute atomic E-state index is 0.320. The third kappa shape index (κ3) is 5.24. The van der Waals surface area contributed by atoms with Crippen molar-refractivity contribution < 1.29 is 8.42 Å². The first-order chi connectivity index (χ1) is 8.32. The summed E-state index contributed by atoms with van der Waals surface area (Å²) in [4.78, 5) is 2.33. The Morgan fingerprint density at radius 1 is 1.06 bits per heavy atom. The van der Waals surface area contributed by atoms with Gasteiger partial charge in [-0.2, -0.15) is 0 Å². The van der Waals surface area contributed by atoms with Crippen LogP contribution in [0.1, 0.15) is 27.7 Å². The highest BCUT2D eigenvalue weighted by atomic mass is 32.2. The van der Waals surface area contributed by atoms with E-state index in [0.29, 0.717) is 42.5 Å². The van der Waals surface area contributed by atoms with Gasteiger partial charge in [0.1, 0.15) is 0 Å². The van der Waals surface area contributed by atoms with Crippen molar-refractivity contribution in [1.82, 2.24) is 10.2 Å². The molecule has 4 nitrogen and oxygen atoms in total. The second kappa shape index (κ2) is 6.87. The monoisotopic (exact) mass is 276 g/mol. The molecule has 0 aliphatic carbocycles. The maximum absolute atomic E-state index is 11.4. The van der Waals surface area contributed by atoms with Crippen LogP contribution in [0, 0.1) is 11.8 Å². The summed E-state index contributed by atoms with van der Waals surface area (Å²) < 4.78 is 22.9. The van der Waals surface area contributed by atoms with Crippen molar-refractivity contribution in [3.05, 3.63) is 0 Å². The number of sulfone groups is 1. The molecule has 0 aromatic carbocycles. The predicted octanol–water partition coefficient (Wildman–Crippen LogP) is 0.987. The van der Waals surface area contributed by atoms with Crippen molar-refractivity contribution in [2.24, 2.45) is 11.8 Å². The number of nitrogens with one attached hydrogen (secondary N) is 1. The lowest BCUT2D eigenvalue weighted by Crippen LogP contribution is -2.52. The minimum Gasteiger partial charge on any atom is -0.315 e. The molecule has 0 aromatic rings. The van der Waals surface area contributed by atoms with Gasteiger partial charge >= 0.3 is 0 Å². The summed E-state index contributed by atoms with van der Waals surface area (Å²) in [6.07, 6.45) is 0. The fourth-order valence-electron chi connectivity index (χ4n) is 2.36. The van der Waals surface area contributed by atoms with E-state index in [0.717, 1.165) is 13.1 Å². The standard InChI is InChI=1S/C13H28N2O2S/c1-11(2)9-14-10-13(12(3)4)15-5-7-18(16,17)8-6-15/h11-14H,5-10H2,1-4H3. The van der Waals surface area contributed by atoms with Crippen LogP contribution in [-0.4, -0.2) is 57.0 Å². The van der Waals surface area contributed by atoms with E-state index < -0.39 is 9.84 Å². The molecule has 1 N–H and O–H groups in total. The van der Waals surface area contributed by atoms with E-state index >= 15 is 0 Å². The van der Waals surface area contributed by atoms with Crippen molar-refractivity contribution in [2.75, 3.05) is 37.7 Å². The molecule has 1 saturated heterocycles. The predicted molar refractivity (Wildman–Crippen MR) is 76.6 cm³/mol. The summed E-state index contributed by atoms with van der Waals surface area (Å²) in [5, 5.41) is 3.49. The first-order valence-electron chi connectivity index (χ1n) is 6.97. The summed E-state index contributed by atoms with van der Waals surface area (Å²) >= 11 is 0. The third-order valence-corrected chi connectivity index (χ3v) is 5.13. The summed E-state index contributed by atoms with van der Waals surface area (Å²) in [6, 6.07) is 0.444. The van der Waals surface area contributed by atoms with Gasteiger partial charge in [-0.15, -0.1) is 0 Å². The van der Waals surface area contributed by atoms with Crippen molar-refractivity contribution in [3.63, 3.8) is 0 Å². The SMILES string of the molecule is CC(C)CNCC(C(C)C)N1CCS(=O)(=O)CC1. The van der Waals surface area contributed by atoms with Gasteiger partial charge in [0.2, 0.25) is 0 Å². The zero-order valence-electron chi connectivity index (χ0n) is 12.1. The maximum atomic E-state index is 11.4. The maximum Gasteiger partial charge on any atom is 0.152 e. The molecule has 1 fully saturated rings. The zero-order chi connectivity index (χ0) is 13.8. The highest BCUT2D eigenvalue weighted by Gasteiger charge is 2.28. The molecular weight excluding hydrogens is 248 g/mol. The Bertz CT molecular complexity index is 325. The molecule has 0 aromatic heterocycles. The zero-order valence-corrected chi connectivity index (χ0v) is 13.0. The van der Waals surface area contributed by atoms with Crippen LogP contribution < -0.4 is 5.32 Å². The van der Waals surface area contributed by atoms with Gasteiger partial charge in [-0.1, -0.05) is 27.7 Å². The van der Waals surface area contributed by atoms with Crippen molar-refractivity contribution in [2.45, 2.75) is 33.7 Å². The molecule has 0 bridgehead atoms. The Balaban J connectivity index is 2.47. The van der Waals surface area contributed by atoms with E-state index in [1.54, 1.807) is 0 Å². The highest BCUT2D eigenvalue weighted by Crippen LogP contribution is 2.14. The van der Waals surface area contributed by atoms with Crippen LogP contribution in [0.25, 0.3) is 0 Å². The van der Waals surface area contributed by atoms with Gasteiger partial charge in [0.25, 0.3) is 0 Å². The first kappa shape index (κ1) is 15.9. The Hall–Kier alpha value is -0.130. The van der Waals surface area contributed by atoms with E-state index in [4.69, 9.17) is 0 Å². The van der Waals surface area contributed by atoms with Crippen LogP contribution in [0.4, 0.5) is 0 Å². The molecule has 0 amide bonds. The normalized spacial score (nSPS) is 22.6. The topological polar surface area (TPSA) is 49.4 Å². The van der Waals surface area contributed by atoms with Crippen LogP contribution in [0.15, 0.2) is 0 Å². The molecule has 0 saturated carbocycles. The van der Waals surface area contributed by atoms with E-state index in [-0.39, 0.29) is 0 Å². The summed E-state index contributed by atoms with van der Waals surface area (Å²) in [5.74, 6) is 1.84. The molecule has 18 heavy (non-hydrogen) atoms. The average molecular weight is 276 g/mol. The molecule has 1 heterocycles. The summed E-state index contributed by atoms with van der Waals surface area (Å²) in [5.41, 5.74) is 0. The molecular formula is C13H28N2O2S. The quantitative estimate of drug-likeness (QED) is 0.786. The Kier molecular flexibility index (Phi) is 6.08. The lowest BCUT2D eigenvalue weighted by Gasteiger charge is -2.37. The highest BCUT2D eigenvalue weighted by molar-refractivity contribution is 7.91. The Labute approximate surface area is 112 Å². The Morgan fingerprint density at radius 3 is 2.06 bits per heavy atom. The molecule has 1 aliphatic heterocycles. The lowest BCUT2D eigenvalue weighted by atomic mass is 10.0. The number of nitrogens with zero attached hydrogens (tertiary/aromatic N) is 1. The molecule has 1 unspecified atom stereocenters. The third-order valence-electron chi connectivity index (χ3n) is 3.52. The van der Waals surface area contributed by atoms with Gasteiger partial charge < -0.3 is 5.32 Å². The van der Waals surface area contributed by atoms with Gasteiger partial charge in [0.15, 0.2) is 9.84 Å². The van der Waals surface area contributed by atoms with E-state index in [1.165, 1.54) is 0 Å².